The number of nitrogens with zero attached hydrogens (tertiary/aromatic N) is 2. The molecule has 6 nitrogen and oxygen atoms in total. The summed E-state index contributed by atoms with van der Waals surface area (Å²) in [6.07, 6.45) is 0. The Labute approximate surface area is 177 Å². The Morgan fingerprint density at radius 3 is 1.83 bits per heavy atom. The van der Waals surface area contributed by atoms with E-state index in [1.165, 1.54) is 20.8 Å². The Balaban J connectivity index is -0.000000500. The molecular formula is C14H24Cl3N3O3Ti. The van der Waals surface area contributed by atoms with Gasteiger partial charge < -0.3 is 52.2 Å². The molecule has 0 aliphatic carbocycles. The van der Waals surface area contributed by atoms with E-state index in [-0.39, 0.29) is 88.4 Å². The largest absolute Gasteiger partial charge is 4.00 e. The Morgan fingerprint density at radius 1 is 0.958 bits per heavy atom. The first kappa shape index (κ1) is 32.1. The van der Waals surface area contributed by atoms with Crippen molar-refractivity contribution in [1.29, 1.82) is 0 Å². The minimum absolute atomic E-state index is 0. The minimum atomic E-state index is -0.373. The van der Waals surface area contributed by atoms with Gasteiger partial charge in [0.05, 0.1) is 12.1 Å². The van der Waals surface area contributed by atoms with Crippen molar-refractivity contribution >= 4 is 17.3 Å². The van der Waals surface area contributed by atoms with Gasteiger partial charge in [-0.1, -0.05) is 6.54 Å². The molecule has 10 heteroatoms. The monoisotopic (exact) mass is 435 g/mol. The minimum Gasteiger partial charge on any atom is -1.00 e. The first-order chi connectivity index (χ1) is 9.23. The third-order valence-corrected chi connectivity index (χ3v) is 3.79. The van der Waals surface area contributed by atoms with Gasteiger partial charge in [0.1, 0.15) is 11.6 Å². The number of carbonyl (C=O) groups is 3. The Hall–Kier alpha value is 0.344. The molecule has 1 fully saturated rings. The van der Waals surface area contributed by atoms with E-state index in [1.807, 2.05) is 11.9 Å². The van der Waals surface area contributed by atoms with Gasteiger partial charge in [0.15, 0.2) is 0 Å². The number of hydrogen-bond acceptors (Lipinski definition) is 6. The molecule has 1 N–H and O–H groups in total. The summed E-state index contributed by atoms with van der Waals surface area (Å²) in [5.41, 5.74) is 0. The maximum Gasteiger partial charge on any atom is 4.00 e. The fraction of sp³-hybridized carbons (Fsp3) is 0.714. The second-order valence-electron chi connectivity index (χ2n) is 5.49. The summed E-state index contributed by atoms with van der Waals surface area (Å²) in [6, 6.07) is -0.100. The number of hydrogen-bond donors (Lipinski definition) is 1. The van der Waals surface area contributed by atoms with Crippen molar-refractivity contribution in [3.8, 4) is 0 Å². The van der Waals surface area contributed by atoms with E-state index in [1.54, 1.807) is 11.9 Å². The molecule has 138 valence electrons. The van der Waals surface area contributed by atoms with Gasteiger partial charge in [-0.25, -0.2) is 6.04 Å². The van der Waals surface area contributed by atoms with E-state index in [9.17, 15) is 14.4 Å². The molecule has 0 spiro atoms. The summed E-state index contributed by atoms with van der Waals surface area (Å²) in [7, 11) is 3.63. The molecule has 0 amide bonds. The summed E-state index contributed by atoms with van der Waals surface area (Å²) in [5, 5.41) is 3.11. The fourth-order valence-corrected chi connectivity index (χ4v) is 2.45. The number of likely N-dealkylation sites (N-methyl/N-ethyl adjacent to an activating group) is 2. The molecule has 1 aliphatic rings. The third-order valence-electron chi connectivity index (χ3n) is 3.79. The first-order valence-corrected chi connectivity index (χ1v) is 6.76. The van der Waals surface area contributed by atoms with Gasteiger partial charge in [-0.3, -0.25) is 14.5 Å². The summed E-state index contributed by atoms with van der Waals surface area (Å²) in [4.78, 5) is 38.9. The van der Waals surface area contributed by atoms with Crippen molar-refractivity contribution in [2.24, 2.45) is 0 Å². The molecule has 24 heavy (non-hydrogen) atoms. The van der Waals surface area contributed by atoms with E-state index in [0.29, 0.717) is 25.7 Å². The Kier molecular flexibility index (Phi) is 19.4. The van der Waals surface area contributed by atoms with Crippen molar-refractivity contribution in [2.75, 3.05) is 33.7 Å². The number of rotatable bonds is 3. The third kappa shape index (κ3) is 9.16. The van der Waals surface area contributed by atoms with Gasteiger partial charge in [-0.15, -0.1) is 0 Å². The summed E-state index contributed by atoms with van der Waals surface area (Å²) in [6.45, 7) is 5.81. The van der Waals surface area contributed by atoms with Gasteiger partial charge in [-0.2, -0.15) is 0 Å². The predicted molar refractivity (Wildman–Crippen MR) is 76.1 cm³/mol. The van der Waals surface area contributed by atoms with Crippen molar-refractivity contribution in [3.63, 3.8) is 0 Å². The number of Topliss-reactive ketones (excluding diaryl/α,β-unsaturated/α-hetero) is 3. The Morgan fingerprint density at radius 2 is 1.46 bits per heavy atom. The molecule has 1 aliphatic heterocycles. The molecule has 1 saturated heterocycles. The van der Waals surface area contributed by atoms with Crippen LogP contribution in [0.4, 0.5) is 0 Å². The molecule has 0 radical (unpaired) electrons. The standard InChI is InChI=1S/C14H24N3O3.3ClH.Ti/c1-9(18)12-7-16(4)14(11(3)20)8-17(5)13(6-15-12)10(2)19;;;;/h12,14-15H,6-8H2,1-5H3;3*1H;/q-1;;;;+4/p-3. The van der Waals surface area contributed by atoms with Crippen LogP contribution >= 0.6 is 0 Å². The predicted octanol–water partition coefficient (Wildman–Crippen LogP) is -9.50. The SMILES string of the molecule is CC(=O)[C-]1CNC(C(C)=O)CN(C)C(C(C)=O)CN1C.[Cl-].[Cl-].[Cl-].[Ti+4]. The topological polar surface area (TPSA) is 69.7 Å². The molecule has 0 aromatic heterocycles. The van der Waals surface area contributed by atoms with Crippen LogP contribution < -0.4 is 42.5 Å². The molecule has 1 heterocycles. The maximum absolute atomic E-state index is 11.8. The van der Waals surface area contributed by atoms with Crippen LogP contribution in [0.3, 0.4) is 0 Å². The summed E-state index contributed by atoms with van der Waals surface area (Å²) < 4.78 is 0. The van der Waals surface area contributed by atoms with E-state index < -0.39 is 0 Å². The molecule has 2 unspecified atom stereocenters. The summed E-state index contributed by atoms with van der Waals surface area (Å²) in [5.74, 6) is -0.00721. The van der Waals surface area contributed by atoms with Crippen LogP contribution in [0, 0.1) is 6.04 Å². The van der Waals surface area contributed by atoms with E-state index in [2.05, 4.69) is 5.32 Å². The zero-order valence-corrected chi connectivity index (χ0v) is 18.4. The second kappa shape index (κ2) is 14.5. The number of nitrogens with one attached hydrogen (secondary N) is 1. The Bertz CT molecular complexity index is 416. The molecule has 0 bridgehead atoms. The normalized spacial score (nSPS) is 22.1. The number of ketones is 3. The van der Waals surface area contributed by atoms with Crippen molar-refractivity contribution in [2.45, 2.75) is 32.9 Å². The van der Waals surface area contributed by atoms with Crippen molar-refractivity contribution in [3.05, 3.63) is 6.04 Å². The molecule has 2 atom stereocenters. The number of halogens is 3. The van der Waals surface area contributed by atoms with Crippen LogP contribution in [0.25, 0.3) is 0 Å². The molecule has 0 aromatic rings. The molecule has 0 aromatic carbocycles. The van der Waals surface area contributed by atoms with Gasteiger partial charge >= 0.3 is 21.7 Å². The number of carbonyl (C=O) groups excluding carboxylic acids is 3. The average molecular weight is 437 g/mol. The maximum atomic E-state index is 11.8. The van der Waals surface area contributed by atoms with Gasteiger partial charge in [0.25, 0.3) is 0 Å². The van der Waals surface area contributed by atoms with Crippen LogP contribution in [-0.2, 0) is 36.1 Å². The second-order valence-corrected chi connectivity index (χ2v) is 5.49. The average Bonchev–Trinajstić information content (AvgIpc) is 2.38. The van der Waals surface area contributed by atoms with Crippen molar-refractivity contribution in [1.82, 2.24) is 15.1 Å². The van der Waals surface area contributed by atoms with E-state index in [4.69, 9.17) is 0 Å². The van der Waals surface area contributed by atoms with Crippen LogP contribution in [0.2, 0.25) is 0 Å². The molecule has 1 rings (SSSR count). The van der Waals surface area contributed by atoms with E-state index in [0.717, 1.165) is 0 Å². The summed E-state index contributed by atoms with van der Waals surface area (Å²) >= 11 is 0. The van der Waals surface area contributed by atoms with Gasteiger partial charge in [-0.05, 0) is 41.4 Å². The van der Waals surface area contributed by atoms with Gasteiger partial charge in [0.2, 0.25) is 0 Å². The van der Waals surface area contributed by atoms with E-state index >= 15 is 0 Å². The molecule has 0 saturated carbocycles. The quantitative estimate of drug-likeness (QED) is 0.350. The first-order valence-electron chi connectivity index (χ1n) is 6.76. The van der Waals surface area contributed by atoms with Gasteiger partial charge in [0, 0.05) is 12.3 Å². The molecular weight excluding hydrogens is 412 g/mol. The van der Waals surface area contributed by atoms with Crippen molar-refractivity contribution < 1.29 is 73.3 Å². The van der Waals surface area contributed by atoms with Crippen LogP contribution in [-0.4, -0.2) is 73.0 Å². The fourth-order valence-electron chi connectivity index (χ4n) is 2.45. The van der Waals surface area contributed by atoms with Crippen LogP contribution in [0.15, 0.2) is 0 Å². The smallest absolute Gasteiger partial charge is 1.00 e. The van der Waals surface area contributed by atoms with Crippen LogP contribution in [0.5, 0.6) is 0 Å². The zero-order chi connectivity index (χ0) is 15.4. The zero-order valence-electron chi connectivity index (χ0n) is 14.5. The van der Waals surface area contributed by atoms with Crippen LogP contribution in [0.1, 0.15) is 20.8 Å².